The fourth-order valence-electron chi connectivity index (χ4n) is 2.98. The molecule has 1 amide bonds. The molecule has 3 aromatic rings. The van der Waals surface area contributed by atoms with Crippen molar-refractivity contribution in [2.24, 2.45) is 5.92 Å². The van der Waals surface area contributed by atoms with Crippen LogP contribution >= 0.6 is 11.3 Å². The molecule has 0 spiro atoms. The van der Waals surface area contributed by atoms with Crippen molar-refractivity contribution < 1.29 is 9.32 Å². The topological polar surface area (TPSA) is 80.9 Å². The fraction of sp³-hybridized carbons (Fsp3) is 0.429. The van der Waals surface area contributed by atoms with Crippen molar-refractivity contribution in [1.29, 1.82) is 0 Å². The molecule has 1 atom stereocenters. The first-order valence-electron chi connectivity index (χ1n) is 9.45. The number of thiazole rings is 1. The van der Waals surface area contributed by atoms with Gasteiger partial charge in [-0.1, -0.05) is 43.3 Å². The largest absolute Gasteiger partial charge is 0.346 e. The predicted molar refractivity (Wildman–Crippen MR) is 110 cm³/mol. The summed E-state index contributed by atoms with van der Waals surface area (Å²) in [6.45, 7) is 10.3. The highest BCUT2D eigenvalue weighted by atomic mass is 32.1. The van der Waals surface area contributed by atoms with E-state index in [-0.39, 0.29) is 18.4 Å². The quantitative estimate of drug-likeness (QED) is 0.631. The van der Waals surface area contributed by atoms with Crippen LogP contribution in [0.1, 0.15) is 53.3 Å². The molecule has 3 rings (SSSR count). The summed E-state index contributed by atoms with van der Waals surface area (Å²) in [4.78, 5) is 22.8. The van der Waals surface area contributed by atoms with Crippen LogP contribution in [0.25, 0.3) is 11.4 Å². The van der Waals surface area contributed by atoms with Crippen LogP contribution in [-0.4, -0.2) is 21.0 Å². The van der Waals surface area contributed by atoms with E-state index in [0.29, 0.717) is 17.6 Å². The van der Waals surface area contributed by atoms with Crippen LogP contribution in [0.5, 0.6) is 0 Å². The molecular formula is C21H26N4O2S. The van der Waals surface area contributed by atoms with Crippen LogP contribution in [0.4, 0.5) is 0 Å². The minimum absolute atomic E-state index is 0.0524. The average Bonchev–Trinajstić information content (AvgIpc) is 3.21. The molecule has 0 bridgehead atoms. The second-order valence-corrected chi connectivity index (χ2v) is 8.68. The van der Waals surface area contributed by atoms with Gasteiger partial charge in [0.05, 0.1) is 11.7 Å². The average molecular weight is 399 g/mol. The maximum absolute atomic E-state index is 12.6. The molecule has 0 saturated carbocycles. The van der Waals surface area contributed by atoms with E-state index in [4.69, 9.17) is 4.52 Å². The summed E-state index contributed by atoms with van der Waals surface area (Å²) in [6.07, 6.45) is 0.882. The third-order valence-electron chi connectivity index (χ3n) is 4.55. The van der Waals surface area contributed by atoms with Crippen molar-refractivity contribution in [3.63, 3.8) is 0 Å². The summed E-state index contributed by atoms with van der Waals surface area (Å²) in [5, 5.41) is 8.07. The van der Waals surface area contributed by atoms with E-state index in [1.807, 2.05) is 38.1 Å². The molecule has 0 aliphatic rings. The third-order valence-corrected chi connectivity index (χ3v) is 5.74. The lowest BCUT2D eigenvalue weighted by atomic mass is 10.0. The molecule has 1 N–H and O–H groups in total. The maximum Gasteiger partial charge on any atom is 0.236 e. The lowest BCUT2D eigenvalue weighted by Crippen LogP contribution is -2.30. The number of nitrogens with one attached hydrogen (secondary N) is 1. The summed E-state index contributed by atoms with van der Waals surface area (Å²) in [5.74, 6) is 1.11. The number of rotatable bonds is 7. The van der Waals surface area contributed by atoms with Gasteiger partial charge in [0.2, 0.25) is 17.6 Å². The summed E-state index contributed by atoms with van der Waals surface area (Å²) in [6, 6.07) is 7.72. The van der Waals surface area contributed by atoms with Crippen molar-refractivity contribution in [3.8, 4) is 11.4 Å². The van der Waals surface area contributed by atoms with Gasteiger partial charge in [0.15, 0.2) is 0 Å². The van der Waals surface area contributed by atoms with Gasteiger partial charge in [-0.3, -0.25) is 4.79 Å². The molecule has 6 nitrogen and oxygen atoms in total. The van der Waals surface area contributed by atoms with Crippen molar-refractivity contribution >= 4 is 17.2 Å². The molecule has 1 unspecified atom stereocenters. The van der Waals surface area contributed by atoms with Gasteiger partial charge in [-0.05, 0) is 38.7 Å². The molecule has 7 heteroatoms. The molecule has 148 valence electrons. The van der Waals surface area contributed by atoms with Crippen LogP contribution in [0.3, 0.4) is 0 Å². The Hall–Kier alpha value is -2.54. The van der Waals surface area contributed by atoms with Crippen LogP contribution in [0.2, 0.25) is 0 Å². The highest BCUT2D eigenvalue weighted by Gasteiger charge is 2.22. The number of hydrogen-bond donors (Lipinski definition) is 1. The summed E-state index contributed by atoms with van der Waals surface area (Å²) in [7, 11) is 0. The Kier molecular flexibility index (Phi) is 6.24. The van der Waals surface area contributed by atoms with Crippen LogP contribution in [0, 0.1) is 26.7 Å². The minimum atomic E-state index is -0.142. The zero-order valence-electron chi connectivity index (χ0n) is 16.9. The first-order chi connectivity index (χ1) is 13.3. The van der Waals surface area contributed by atoms with Crippen molar-refractivity contribution in [2.75, 3.05) is 0 Å². The monoisotopic (exact) mass is 398 g/mol. The van der Waals surface area contributed by atoms with E-state index in [9.17, 15) is 4.79 Å². The molecule has 1 aromatic carbocycles. The molecule has 2 heterocycles. The number of aromatic nitrogens is 3. The summed E-state index contributed by atoms with van der Waals surface area (Å²) < 4.78 is 5.30. The van der Waals surface area contributed by atoms with E-state index in [0.717, 1.165) is 28.2 Å². The van der Waals surface area contributed by atoms with Crippen LogP contribution in [0.15, 0.2) is 28.8 Å². The van der Waals surface area contributed by atoms with Gasteiger partial charge in [-0.2, -0.15) is 4.98 Å². The van der Waals surface area contributed by atoms with Gasteiger partial charge in [0, 0.05) is 10.4 Å². The summed E-state index contributed by atoms with van der Waals surface area (Å²) >= 11 is 1.64. The van der Waals surface area contributed by atoms with E-state index in [1.54, 1.807) is 11.3 Å². The Bertz CT molecular complexity index is 941. The number of carbonyl (C=O) groups excluding carboxylic acids is 1. The number of carbonyl (C=O) groups is 1. The lowest BCUT2D eigenvalue weighted by Gasteiger charge is -2.18. The molecule has 0 radical (unpaired) electrons. The SMILES string of the molecule is Cc1ccccc1-c1noc(CC(=O)NC(CC(C)C)c2nc(C)c(C)s2)n1. The van der Waals surface area contributed by atoms with Gasteiger partial charge in [-0.25, -0.2) is 4.98 Å². The second kappa shape index (κ2) is 8.65. The van der Waals surface area contributed by atoms with E-state index < -0.39 is 0 Å². The zero-order chi connectivity index (χ0) is 20.3. The first kappa shape index (κ1) is 20.2. The first-order valence-corrected chi connectivity index (χ1v) is 10.3. The third kappa shape index (κ3) is 4.84. The highest BCUT2D eigenvalue weighted by molar-refractivity contribution is 7.11. The molecule has 0 fully saturated rings. The van der Waals surface area contributed by atoms with E-state index in [2.05, 4.69) is 41.2 Å². The van der Waals surface area contributed by atoms with E-state index in [1.165, 1.54) is 4.88 Å². The number of hydrogen-bond acceptors (Lipinski definition) is 6. The van der Waals surface area contributed by atoms with Gasteiger partial charge < -0.3 is 9.84 Å². The standard InChI is InChI=1S/C21H26N4O2S/c1-12(2)10-17(21-22-14(4)15(5)28-21)23-18(26)11-19-24-20(25-27-19)16-9-7-6-8-13(16)3/h6-9,12,17H,10-11H2,1-5H3,(H,23,26). The predicted octanol–water partition coefficient (Wildman–Crippen LogP) is 4.56. The Morgan fingerprint density at radius 2 is 1.93 bits per heavy atom. The Balaban J connectivity index is 1.70. The zero-order valence-corrected chi connectivity index (χ0v) is 17.8. The van der Waals surface area contributed by atoms with Gasteiger partial charge in [0.25, 0.3) is 0 Å². The van der Waals surface area contributed by atoms with Crippen molar-refractivity contribution in [2.45, 2.75) is 53.5 Å². The molecule has 2 aromatic heterocycles. The van der Waals surface area contributed by atoms with Crippen molar-refractivity contribution in [3.05, 3.63) is 51.3 Å². The number of nitrogens with zero attached hydrogens (tertiary/aromatic N) is 3. The fourth-order valence-corrected chi connectivity index (χ4v) is 3.97. The van der Waals surface area contributed by atoms with Crippen LogP contribution < -0.4 is 5.32 Å². The van der Waals surface area contributed by atoms with Gasteiger partial charge in [0.1, 0.15) is 11.4 Å². The summed E-state index contributed by atoms with van der Waals surface area (Å²) in [5.41, 5.74) is 2.98. The number of amides is 1. The molecule has 28 heavy (non-hydrogen) atoms. The molecule has 0 aliphatic carbocycles. The Labute approximate surface area is 169 Å². The highest BCUT2D eigenvalue weighted by Crippen LogP contribution is 2.27. The Morgan fingerprint density at radius 1 is 1.18 bits per heavy atom. The Morgan fingerprint density at radius 3 is 2.57 bits per heavy atom. The normalized spacial score (nSPS) is 12.4. The molecule has 0 saturated heterocycles. The minimum Gasteiger partial charge on any atom is -0.346 e. The smallest absolute Gasteiger partial charge is 0.236 e. The lowest BCUT2D eigenvalue weighted by molar-refractivity contribution is -0.121. The molecular weight excluding hydrogens is 372 g/mol. The van der Waals surface area contributed by atoms with E-state index >= 15 is 0 Å². The van der Waals surface area contributed by atoms with Crippen LogP contribution in [-0.2, 0) is 11.2 Å². The number of aryl methyl sites for hydroxylation is 3. The van der Waals surface area contributed by atoms with Gasteiger partial charge >= 0.3 is 0 Å². The number of benzene rings is 1. The second-order valence-electron chi connectivity index (χ2n) is 7.45. The van der Waals surface area contributed by atoms with Crippen molar-refractivity contribution in [1.82, 2.24) is 20.4 Å². The van der Waals surface area contributed by atoms with Gasteiger partial charge in [-0.15, -0.1) is 11.3 Å². The maximum atomic E-state index is 12.6. The molecule has 0 aliphatic heterocycles.